The monoisotopic (exact) mass is 338 g/mol. The van der Waals surface area contributed by atoms with Crippen LogP contribution < -0.4 is 10.6 Å². The van der Waals surface area contributed by atoms with Gasteiger partial charge in [-0.05, 0) is 43.2 Å². The zero-order valence-corrected chi connectivity index (χ0v) is 15.6. The molecular weight excluding hydrogens is 312 g/mol. The fourth-order valence-corrected chi connectivity index (χ4v) is 2.38. The summed E-state index contributed by atoms with van der Waals surface area (Å²) in [5.74, 6) is -0.243. The molecule has 0 saturated heterocycles. The van der Waals surface area contributed by atoms with Crippen molar-refractivity contribution in [3.63, 3.8) is 0 Å². The molecule has 2 amide bonds. The minimum Gasteiger partial charge on any atom is -0.348 e. The number of rotatable bonds is 4. The minimum absolute atomic E-state index is 0.0830. The van der Waals surface area contributed by atoms with Crippen molar-refractivity contribution in [3.8, 4) is 0 Å². The number of carbonyl (C=O) groups is 2. The normalized spacial score (nSPS) is 11.1. The maximum atomic E-state index is 12.4. The van der Waals surface area contributed by atoms with Crippen molar-refractivity contribution in [1.82, 2.24) is 5.32 Å². The first-order valence-electron chi connectivity index (χ1n) is 8.42. The highest BCUT2D eigenvalue weighted by Gasteiger charge is 2.21. The molecule has 0 aliphatic carbocycles. The van der Waals surface area contributed by atoms with Gasteiger partial charge in [0.15, 0.2) is 0 Å². The number of anilines is 1. The van der Waals surface area contributed by atoms with Crippen LogP contribution in [0, 0.1) is 19.3 Å². The molecule has 0 radical (unpaired) electrons. The Hall–Kier alpha value is -2.62. The van der Waals surface area contributed by atoms with Crippen LogP contribution in [0.5, 0.6) is 0 Å². The number of hydrogen-bond donors (Lipinski definition) is 2. The summed E-state index contributed by atoms with van der Waals surface area (Å²) in [6.07, 6.45) is 0. The Morgan fingerprint density at radius 1 is 1.00 bits per heavy atom. The van der Waals surface area contributed by atoms with E-state index in [0.29, 0.717) is 17.8 Å². The van der Waals surface area contributed by atoms with Crippen LogP contribution in [0.1, 0.15) is 47.8 Å². The van der Waals surface area contributed by atoms with E-state index < -0.39 is 5.41 Å². The molecule has 132 valence electrons. The summed E-state index contributed by atoms with van der Waals surface area (Å²) < 4.78 is 0. The van der Waals surface area contributed by atoms with Gasteiger partial charge in [0, 0.05) is 23.2 Å². The molecule has 0 aromatic heterocycles. The largest absolute Gasteiger partial charge is 0.348 e. The molecular formula is C21H26N2O2. The third kappa shape index (κ3) is 5.18. The van der Waals surface area contributed by atoms with Crippen molar-refractivity contribution < 1.29 is 9.59 Å². The molecule has 25 heavy (non-hydrogen) atoms. The van der Waals surface area contributed by atoms with Gasteiger partial charge in [-0.3, -0.25) is 9.59 Å². The summed E-state index contributed by atoms with van der Waals surface area (Å²) >= 11 is 0. The molecule has 0 atom stereocenters. The van der Waals surface area contributed by atoms with Gasteiger partial charge in [-0.1, -0.05) is 50.6 Å². The van der Waals surface area contributed by atoms with Gasteiger partial charge < -0.3 is 10.6 Å². The molecule has 2 N–H and O–H groups in total. The van der Waals surface area contributed by atoms with Crippen LogP contribution in [0.4, 0.5) is 5.69 Å². The molecule has 0 unspecified atom stereocenters. The van der Waals surface area contributed by atoms with Crippen LogP contribution in [0.3, 0.4) is 0 Å². The summed E-state index contributed by atoms with van der Waals surface area (Å²) in [6, 6.07) is 13.2. The van der Waals surface area contributed by atoms with E-state index in [0.717, 1.165) is 11.1 Å². The molecule has 0 aliphatic heterocycles. The standard InChI is InChI=1S/C21H26N2O2/c1-14-9-10-17(15(2)11-14)13-22-19(24)16-7-6-8-18(12-16)23-20(25)21(3,4)5/h6-12H,13H2,1-5H3,(H,22,24)(H,23,25). The maximum absolute atomic E-state index is 12.4. The number of aryl methyl sites for hydroxylation is 2. The average molecular weight is 338 g/mol. The summed E-state index contributed by atoms with van der Waals surface area (Å²) in [4.78, 5) is 24.5. The second-order valence-electron chi connectivity index (χ2n) is 7.40. The molecule has 0 spiro atoms. The Morgan fingerprint density at radius 2 is 1.72 bits per heavy atom. The molecule has 0 aliphatic rings. The lowest BCUT2D eigenvalue weighted by molar-refractivity contribution is -0.123. The van der Waals surface area contributed by atoms with Gasteiger partial charge in [0.05, 0.1) is 0 Å². The van der Waals surface area contributed by atoms with E-state index in [-0.39, 0.29) is 11.8 Å². The van der Waals surface area contributed by atoms with Crippen LogP contribution in [0.15, 0.2) is 42.5 Å². The van der Waals surface area contributed by atoms with Gasteiger partial charge in [-0.15, -0.1) is 0 Å². The van der Waals surface area contributed by atoms with Gasteiger partial charge in [-0.2, -0.15) is 0 Å². The Kier molecular flexibility index (Phi) is 5.62. The third-order valence-electron chi connectivity index (χ3n) is 4.00. The molecule has 2 aromatic carbocycles. The van der Waals surface area contributed by atoms with Crippen molar-refractivity contribution in [2.45, 2.75) is 41.2 Å². The van der Waals surface area contributed by atoms with E-state index in [2.05, 4.69) is 16.7 Å². The van der Waals surface area contributed by atoms with Gasteiger partial charge in [0.1, 0.15) is 0 Å². The van der Waals surface area contributed by atoms with Crippen molar-refractivity contribution in [1.29, 1.82) is 0 Å². The first-order valence-corrected chi connectivity index (χ1v) is 8.42. The average Bonchev–Trinajstić information content (AvgIpc) is 2.53. The topological polar surface area (TPSA) is 58.2 Å². The zero-order valence-electron chi connectivity index (χ0n) is 15.6. The number of hydrogen-bond acceptors (Lipinski definition) is 2. The summed E-state index contributed by atoms with van der Waals surface area (Å²) in [6.45, 7) is 10.1. The van der Waals surface area contributed by atoms with Gasteiger partial charge in [-0.25, -0.2) is 0 Å². The van der Waals surface area contributed by atoms with E-state index in [1.165, 1.54) is 5.56 Å². The highest BCUT2D eigenvalue weighted by atomic mass is 16.2. The fraction of sp³-hybridized carbons (Fsp3) is 0.333. The molecule has 0 saturated carbocycles. The van der Waals surface area contributed by atoms with Gasteiger partial charge in [0.2, 0.25) is 5.91 Å². The highest BCUT2D eigenvalue weighted by Crippen LogP contribution is 2.18. The SMILES string of the molecule is Cc1ccc(CNC(=O)c2cccc(NC(=O)C(C)(C)C)c2)c(C)c1. The van der Waals surface area contributed by atoms with Gasteiger partial charge in [0.25, 0.3) is 5.91 Å². The van der Waals surface area contributed by atoms with Crippen LogP contribution in [-0.4, -0.2) is 11.8 Å². The molecule has 2 rings (SSSR count). The first-order chi connectivity index (χ1) is 11.7. The van der Waals surface area contributed by atoms with Gasteiger partial charge >= 0.3 is 0 Å². The quantitative estimate of drug-likeness (QED) is 0.877. The van der Waals surface area contributed by atoms with E-state index in [9.17, 15) is 9.59 Å². The molecule has 4 heteroatoms. The minimum atomic E-state index is -0.485. The Balaban J connectivity index is 2.04. The summed E-state index contributed by atoms with van der Waals surface area (Å²) in [5, 5.41) is 5.78. The molecule has 0 bridgehead atoms. The third-order valence-corrected chi connectivity index (χ3v) is 4.00. The van der Waals surface area contributed by atoms with E-state index in [4.69, 9.17) is 0 Å². The predicted molar refractivity (Wildman–Crippen MR) is 102 cm³/mol. The number of amides is 2. The predicted octanol–water partition coefficient (Wildman–Crippen LogP) is 4.22. The molecule has 0 fully saturated rings. The summed E-state index contributed by atoms with van der Waals surface area (Å²) in [5.41, 5.74) is 4.12. The van der Waals surface area contributed by atoms with E-state index >= 15 is 0 Å². The fourth-order valence-electron chi connectivity index (χ4n) is 2.38. The lowest BCUT2D eigenvalue weighted by Crippen LogP contribution is -2.28. The highest BCUT2D eigenvalue weighted by molar-refractivity contribution is 5.98. The zero-order chi connectivity index (χ0) is 18.6. The van der Waals surface area contributed by atoms with E-state index in [1.54, 1.807) is 24.3 Å². The van der Waals surface area contributed by atoms with Crippen LogP contribution in [0.2, 0.25) is 0 Å². The number of benzene rings is 2. The first kappa shape index (κ1) is 18.7. The lowest BCUT2D eigenvalue weighted by Gasteiger charge is -2.18. The molecule has 4 nitrogen and oxygen atoms in total. The Bertz CT molecular complexity index is 789. The summed E-state index contributed by atoms with van der Waals surface area (Å²) in [7, 11) is 0. The van der Waals surface area contributed by atoms with E-state index in [1.807, 2.05) is 46.8 Å². The number of carbonyl (C=O) groups excluding carboxylic acids is 2. The second-order valence-corrected chi connectivity index (χ2v) is 7.40. The van der Waals surface area contributed by atoms with Crippen LogP contribution in [0.25, 0.3) is 0 Å². The van der Waals surface area contributed by atoms with Crippen LogP contribution >= 0.6 is 0 Å². The Labute approximate surface area is 149 Å². The van der Waals surface area contributed by atoms with Crippen molar-refractivity contribution in [2.24, 2.45) is 5.41 Å². The van der Waals surface area contributed by atoms with Crippen molar-refractivity contribution in [2.75, 3.05) is 5.32 Å². The maximum Gasteiger partial charge on any atom is 0.251 e. The van der Waals surface area contributed by atoms with Crippen molar-refractivity contribution >= 4 is 17.5 Å². The second kappa shape index (κ2) is 7.51. The lowest BCUT2D eigenvalue weighted by atomic mass is 9.95. The Morgan fingerprint density at radius 3 is 2.36 bits per heavy atom. The smallest absolute Gasteiger partial charge is 0.251 e. The molecule has 2 aromatic rings. The van der Waals surface area contributed by atoms with Crippen LogP contribution in [-0.2, 0) is 11.3 Å². The molecule has 0 heterocycles. The number of nitrogens with one attached hydrogen (secondary N) is 2. The van der Waals surface area contributed by atoms with Crippen molar-refractivity contribution in [3.05, 3.63) is 64.7 Å².